The Morgan fingerprint density at radius 1 is 1.27 bits per heavy atom. The third-order valence-electron chi connectivity index (χ3n) is 4.03. The smallest absolute Gasteiger partial charge is 0.185 e. The molecule has 2 heterocycles. The molecule has 0 bridgehead atoms. The first-order valence-electron chi connectivity index (χ1n) is 8.09. The number of anilines is 3. The first kappa shape index (κ1) is 16.2. The minimum atomic E-state index is -0.448. The van der Waals surface area contributed by atoms with E-state index in [1.165, 1.54) is 0 Å². The number of benzene rings is 2. The summed E-state index contributed by atoms with van der Waals surface area (Å²) in [6, 6.07) is 10.9. The van der Waals surface area contributed by atoms with Crippen molar-refractivity contribution in [1.29, 1.82) is 0 Å². The SMILES string of the molecule is COc1cc(Nc2nc3ccccc3nc2N)c2c(c1)OCC(CO)O2. The summed E-state index contributed by atoms with van der Waals surface area (Å²) in [5.41, 5.74) is 8.04. The molecule has 1 atom stereocenters. The second kappa shape index (κ2) is 6.57. The van der Waals surface area contributed by atoms with E-state index in [4.69, 9.17) is 19.9 Å². The topological polar surface area (TPSA) is 112 Å². The number of ether oxygens (including phenoxy) is 3. The van der Waals surface area contributed by atoms with Crippen molar-refractivity contribution in [3.63, 3.8) is 0 Å². The van der Waals surface area contributed by atoms with Crippen LogP contribution in [0.5, 0.6) is 17.2 Å². The second-order valence-electron chi connectivity index (χ2n) is 5.81. The summed E-state index contributed by atoms with van der Waals surface area (Å²) in [5.74, 6) is 2.23. The molecule has 8 heteroatoms. The van der Waals surface area contributed by atoms with Crippen molar-refractivity contribution >= 4 is 28.4 Å². The second-order valence-corrected chi connectivity index (χ2v) is 5.81. The molecule has 4 N–H and O–H groups in total. The molecule has 0 radical (unpaired) electrons. The number of nitrogens with zero attached hydrogens (tertiary/aromatic N) is 2. The quantitative estimate of drug-likeness (QED) is 0.653. The van der Waals surface area contributed by atoms with E-state index < -0.39 is 6.10 Å². The van der Waals surface area contributed by atoms with Gasteiger partial charge in [-0.15, -0.1) is 0 Å². The van der Waals surface area contributed by atoms with Crippen LogP contribution in [-0.4, -0.2) is 41.5 Å². The number of hydrogen-bond donors (Lipinski definition) is 3. The van der Waals surface area contributed by atoms with Crippen molar-refractivity contribution in [2.24, 2.45) is 0 Å². The van der Waals surface area contributed by atoms with Crippen molar-refractivity contribution in [3.8, 4) is 17.2 Å². The normalized spacial score (nSPS) is 15.7. The lowest BCUT2D eigenvalue weighted by Crippen LogP contribution is -2.32. The number of aliphatic hydroxyl groups is 1. The summed E-state index contributed by atoms with van der Waals surface area (Å²) < 4.78 is 16.8. The van der Waals surface area contributed by atoms with Crippen LogP contribution >= 0.6 is 0 Å². The van der Waals surface area contributed by atoms with Crippen LogP contribution in [-0.2, 0) is 0 Å². The van der Waals surface area contributed by atoms with Gasteiger partial charge >= 0.3 is 0 Å². The van der Waals surface area contributed by atoms with Gasteiger partial charge in [-0.2, -0.15) is 0 Å². The molecule has 0 saturated carbocycles. The van der Waals surface area contributed by atoms with Crippen LogP contribution in [0, 0.1) is 0 Å². The molecule has 8 nitrogen and oxygen atoms in total. The van der Waals surface area contributed by atoms with Crippen molar-refractivity contribution in [3.05, 3.63) is 36.4 Å². The van der Waals surface area contributed by atoms with E-state index in [0.29, 0.717) is 39.8 Å². The van der Waals surface area contributed by atoms with E-state index in [2.05, 4.69) is 15.3 Å². The summed E-state index contributed by atoms with van der Waals surface area (Å²) in [6.07, 6.45) is -0.448. The van der Waals surface area contributed by atoms with E-state index in [9.17, 15) is 5.11 Å². The number of nitrogens with one attached hydrogen (secondary N) is 1. The molecular formula is C18H18N4O4. The van der Waals surface area contributed by atoms with Gasteiger partial charge in [0.1, 0.15) is 12.4 Å². The molecule has 4 rings (SSSR count). The maximum Gasteiger partial charge on any atom is 0.185 e. The maximum absolute atomic E-state index is 9.37. The van der Waals surface area contributed by atoms with E-state index in [-0.39, 0.29) is 19.0 Å². The Hall–Kier alpha value is -3.26. The minimum absolute atomic E-state index is 0.150. The highest BCUT2D eigenvalue weighted by atomic mass is 16.6. The first-order valence-corrected chi connectivity index (χ1v) is 8.09. The summed E-state index contributed by atoms with van der Waals surface area (Å²) in [5, 5.41) is 12.5. The number of aliphatic hydroxyl groups excluding tert-OH is 1. The molecule has 134 valence electrons. The fourth-order valence-electron chi connectivity index (χ4n) is 2.72. The van der Waals surface area contributed by atoms with Gasteiger partial charge in [0.15, 0.2) is 29.2 Å². The number of nitrogens with two attached hydrogens (primary N) is 1. The molecule has 0 aliphatic carbocycles. The third-order valence-corrected chi connectivity index (χ3v) is 4.03. The molecule has 2 aromatic carbocycles. The summed E-state index contributed by atoms with van der Waals surface area (Å²) in [7, 11) is 1.57. The van der Waals surface area contributed by atoms with Crippen LogP contribution < -0.4 is 25.3 Å². The van der Waals surface area contributed by atoms with Gasteiger partial charge in [0.2, 0.25) is 0 Å². The fourth-order valence-corrected chi connectivity index (χ4v) is 2.72. The first-order chi connectivity index (χ1) is 12.7. The molecule has 26 heavy (non-hydrogen) atoms. The highest BCUT2D eigenvalue weighted by Gasteiger charge is 2.25. The predicted molar refractivity (Wildman–Crippen MR) is 97.2 cm³/mol. The Morgan fingerprint density at radius 2 is 2.04 bits per heavy atom. The lowest BCUT2D eigenvalue weighted by atomic mass is 10.2. The molecule has 3 aromatic rings. The van der Waals surface area contributed by atoms with Crippen molar-refractivity contribution in [2.45, 2.75) is 6.10 Å². The predicted octanol–water partition coefficient (Wildman–Crippen LogP) is 2.10. The highest BCUT2D eigenvalue weighted by molar-refractivity contribution is 5.82. The number of hydrogen-bond acceptors (Lipinski definition) is 8. The van der Waals surface area contributed by atoms with Gasteiger partial charge in [-0.25, -0.2) is 9.97 Å². The fraction of sp³-hybridized carbons (Fsp3) is 0.222. The van der Waals surface area contributed by atoms with Crippen molar-refractivity contribution in [1.82, 2.24) is 9.97 Å². The molecule has 1 aliphatic heterocycles. The van der Waals surface area contributed by atoms with Gasteiger partial charge in [0.05, 0.1) is 30.4 Å². The van der Waals surface area contributed by atoms with Crippen LogP contribution in [0.2, 0.25) is 0 Å². The molecule has 0 spiro atoms. The Morgan fingerprint density at radius 3 is 2.77 bits per heavy atom. The number of fused-ring (bicyclic) bond motifs is 2. The number of para-hydroxylation sites is 2. The summed E-state index contributed by atoms with van der Waals surface area (Å²) in [6.45, 7) is 0.108. The Labute approximate surface area is 149 Å². The Bertz CT molecular complexity index is 963. The van der Waals surface area contributed by atoms with Crippen LogP contribution in [0.4, 0.5) is 17.3 Å². The van der Waals surface area contributed by atoms with E-state index in [1.807, 2.05) is 24.3 Å². The number of rotatable bonds is 4. The zero-order valence-corrected chi connectivity index (χ0v) is 14.1. The molecule has 1 aromatic heterocycles. The van der Waals surface area contributed by atoms with Gasteiger partial charge in [0.25, 0.3) is 0 Å². The number of methoxy groups -OCH3 is 1. The molecule has 1 aliphatic rings. The lowest BCUT2D eigenvalue weighted by Gasteiger charge is -2.27. The van der Waals surface area contributed by atoms with Gasteiger partial charge in [-0.1, -0.05) is 12.1 Å². The van der Waals surface area contributed by atoms with Gasteiger partial charge in [-0.3, -0.25) is 0 Å². The Kier molecular flexibility index (Phi) is 4.10. The average molecular weight is 354 g/mol. The van der Waals surface area contributed by atoms with Crippen LogP contribution in [0.15, 0.2) is 36.4 Å². The molecule has 1 unspecified atom stereocenters. The maximum atomic E-state index is 9.37. The highest BCUT2D eigenvalue weighted by Crippen LogP contribution is 2.43. The minimum Gasteiger partial charge on any atom is -0.497 e. The number of nitrogen functional groups attached to an aromatic ring is 1. The van der Waals surface area contributed by atoms with Gasteiger partial charge in [-0.05, 0) is 12.1 Å². The van der Waals surface area contributed by atoms with Crippen molar-refractivity contribution < 1.29 is 19.3 Å². The van der Waals surface area contributed by atoms with E-state index >= 15 is 0 Å². The Balaban J connectivity index is 1.77. The zero-order valence-electron chi connectivity index (χ0n) is 14.1. The summed E-state index contributed by atoms with van der Waals surface area (Å²) >= 11 is 0. The number of aromatic nitrogens is 2. The largest absolute Gasteiger partial charge is 0.497 e. The molecule has 0 fully saturated rings. The third kappa shape index (κ3) is 2.91. The van der Waals surface area contributed by atoms with Crippen LogP contribution in [0.1, 0.15) is 0 Å². The summed E-state index contributed by atoms with van der Waals surface area (Å²) in [4.78, 5) is 8.90. The molecule has 0 saturated heterocycles. The average Bonchev–Trinajstić information content (AvgIpc) is 2.68. The lowest BCUT2D eigenvalue weighted by molar-refractivity contribution is 0.0462. The zero-order chi connectivity index (χ0) is 18.1. The standard InChI is InChI=1S/C18H18N4O4/c1-24-10-6-14(16-15(7-10)25-9-11(8-23)26-16)22-18-17(19)20-12-4-2-3-5-13(12)21-18/h2-7,11,23H,8-9H2,1H3,(H2,19,20)(H,21,22). The van der Waals surface area contributed by atoms with Crippen LogP contribution in [0.3, 0.4) is 0 Å². The van der Waals surface area contributed by atoms with Crippen LogP contribution in [0.25, 0.3) is 11.0 Å². The molecular weight excluding hydrogens is 336 g/mol. The van der Waals surface area contributed by atoms with Crippen molar-refractivity contribution in [2.75, 3.05) is 31.4 Å². The monoisotopic (exact) mass is 354 g/mol. The van der Waals surface area contributed by atoms with E-state index in [0.717, 1.165) is 0 Å². The molecule has 0 amide bonds. The van der Waals surface area contributed by atoms with E-state index in [1.54, 1.807) is 19.2 Å². The van der Waals surface area contributed by atoms with Gasteiger partial charge < -0.3 is 30.4 Å². The van der Waals surface area contributed by atoms with Gasteiger partial charge in [0, 0.05) is 12.1 Å².